The van der Waals surface area contributed by atoms with Crippen molar-refractivity contribution in [1.82, 2.24) is 10.2 Å². The highest BCUT2D eigenvalue weighted by atomic mass is 19.1. The molecule has 2 N–H and O–H groups in total. The lowest BCUT2D eigenvalue weighted by atomic mass is 9.73. The largest absolute Gasteiger partial charge is 0.483 e. The highest BCUT2D eigenvalue weighted by Gasteiger charge is 2.62. The van der Waals surface area contributed by atoms with Gasteiger partial charge in [0.25, 0.3) is 6.47 Å². The van der Waals surface area contributed by atoms with Crippen LogP contribution in [0.4, 0.5) is 4.39 Å². The van der Waals surface area contributed by atoms with Gasteiger partial charge in [-0.3, -0.25) is 14.5 Å². The van der Waals surface area contributed by atoms with Crippen LogP contribution in [0.5, 0.6) is 0 Å². The van der Waals surface area contributed by atoms with Crippen molar-refractivity contribution in [3.05, 3.63) is 35.1 Å². The van der Waals surface area contributed by atoms with Crippen LogP contribution in [0.15, 0.2) is 18.2 Å². The molecule has 1 spiro atoms. The fraction of sp³-hybridized carbons (Fsp3) is 0.636. The van der Waals surface area contributed by atoms with Gasteiger partial charge in [0.2, 0.25) is 5.91 Å². The third kappa shape index (κ3) is 4.03. The van der Waals surface area contributed by atoms with E-state index < -0.39 is 0 Å². The molecule has 1 amide bonds. The number of nitrogens with zero attached hydrogens (tertiary/aromatic N) is 1. The Balaban J connectivity index is 0.000000645. The number of fused-ring (bicyclic) bond motifs is 1. The summed E-state index contributed by atoms with van der Waals surface area (Å²) in [5.41, 5.74) is 2.16. The summed E-state index contributed by atoms with van der Waals surface area (Å²) in [7, 11) is 0. The third-order valence-corrected chi connectivity index (χ3v) is 7.02. The van der Waals surface area contributed by atoms with Crippen molar-refractivity contribution in [2.24, 2.45) is 17.8 Å². The lowest BCUT2D eigenvalue weighted by Crippen LogP contribution is -2.42. The van der Waals surface area contributed by atoms with Gasteiger partial charge in [-0.15, -0.1) is 0 Å². The standard InChI is InChI=1S/C21H27FN2O2.CH2O2/c1-13-2-5-16(22)8-15(13)10-24-11-18-17(9-23-20(25)14-3-4-14)19-6-7-21(18,12-24)26-19;2-1-3/h2,5,8,14,17-19H,3-4,6-7,9-12H2,1H3,(H,23,25);1H,(H,2,3)/t17-,18+,19+,21+;/m0./s1. The first-order valence-corrected chi connectivity index (χ1v) is 10.5. The number of ether oxygens (including phenoxy) is 1. The second-order valence-corrected chi connectivity index (χ2v) is 8.90. The van der Waals surface area contributed by atoms with Gasteiger partial charge in [0.1, 0.15) is 5.82 Å². The van der Waals surface area contributed by atoms with Gasteiger partial charge >= 0.3 is 0 Å². The van der Waals surface area contributed by atoms with E-state index in [-0.39, 0.29) is 29.7 Å². The van der Waals surface area contributed by atoms with Crippen molar-refractivity contribution < 1.29 is 23.8 Å². The molecule has 3 aliphatic heterocycles. The predicted molar refractivity (Wildman–Crippen MR) is 105 cm³/mol. The van der Waals surface area contributed by atoms with Gasteiger partial charge in [0, 0.05) is 43.9 Å². The molecule has 7 heteroatoms. The molecule has 1 saturated carbocycles. The number of hydrogen-bond donors (Lipinski definition) is 2. The van der Waals surface area contributed by atoms with Crippen LogP contribution in [0, 0.1) is 30.5 Å². The number of amides is 1. The second-order valence-electron chi connectivity index (χ2n) is 8.90. The molecule has 5 rings (SSSR count). The molecule has 0 aromatic heterocycles. The Bertz CT molecular complexity index is 784. The van der Waals surface area contributed by atoms with E-state index in [2.05, 4.69) is 10.2 Å². The van der Waals surface area contributed by atoms with Crippen molar-refractivity contribution >= 4 is 12.4 Å². The van der Waals surface area contributed by atoms with Crippen LogP contribution in [-0.2, 0) is 20.9 Å². The van der Waals surface area contributed by atoms with Gasteiger partial charge in [-0.1, -0.05) is 6.07 Å². The topological polar surface area (TPSA) is 78.9 Å². The van der Waals surface area contributed by atoms with Crippen molar-refractivity contribution in [2.75, 3.05) is 19.6 Å². The van der Waals surface area contributed by atoms with E-state index in [4.69, 9.17) is 14.6 Å². The van der Waals surface area contributed by atoms with Crippen LogP contribution in [0.25, 0.3) is 0 Å². The number of benzene rings is 1. The third-order valence-electron chi connectivity index (χ3n) is 7.02. The fourth-order valence-corrected chi connectivity index (χ4v) is 5.44. The van der Waals surface area contributed by atoms with E-state index in [1.807, 2.05) is 13.0 Å². The predicted octanol–water partition coefficient (Wildman–Crippen LogP) is 2.34. The molecular formula is C22H29FN2O4. The quantitative estimate of drug-likeness (QED) is 0.737. The van der Waals surface area contributed by atoms with Crippen molar-refractivity contribution in [2.45, 2.75) is 50.9 Å². The molecule has 0 unspecified atom stereocenters. The number of carbonyl (C=O) groups excluding carboxylic acids is 1. The molecule has 29 heavy (non-hydrogen) atoms. The highest BCUT2D eigenvalue weighted by molar-refractivity contribution is 5.80. The molecule has 1 aromatic carbocycles. The number of aryl methyl sites for hydroxylation is 1. The Hall–Kier alpha value is -1.99. The van der Waals surface area contributed by atoms with Gasteiger partial charge in [0.15, 0.2) is 0 Å². The zero-order valence-electron chi connectivity index (χ0n) is 16.8. The minimum absolute atomic E-state index is 0.0408. The van der Waals surface area contributed by atoms with Crippen LogP contribution in [0.3, 0.4) is 0 Å². The van der Waals surface area contributed by atoms with Crippen LogP contribution in [-0.4, -0.2) is 53.7 Å². The van der Waals surface area contributed by atoms with E-state index >= 15 is 0 Å². The molecule has 3 saturated heterocycles. The number of carboxylic acid groups (broad SMARTS) is 1. The first kappa shape index (κ1) is 20.3. The van der Waals surface area contributed by atoms with Gasteiger partial charge in [-0.2, -0.15) is 0 Å². The Morgan fingerprint density at radius 2 is 2.17 bits per heavy atom. The smallest absolute Gasteiger partial charge is 0.290 e. The molecule has 4 aliphatic rings. The fourth-order valence-electron chi connectivity index (χ4n) is 5.44. The van der Waals surface area contributed by atoms with E-state index in [0.29, 0.717) is 17.9 Å². The van der Waals surface area contributed by atoms with Gasteiger partial charge in [-0.05, 0) is 55.9 Å². The van der Waals surface area contributed by atoms with Crippen LogP contribution >= 0.6 is 0 Å². The molecule has 6 nitrogen and oxygen atoms in total. The molecule has 2 bridgehead atoms. The minimum atomic E-state index is -0.250. The maximum absolute atomic E-state index is 13.6. The summed E-state index contributed by atoms with van der Waals surface area (Å²) in [5, 5.41) is 10.1. The zero-order chi connectivity index (χ0) is 20.6. The number of hydrogen-bond acceptors (Lipinski definition) is 4. The van der Waals surface area contributed by atoms with Gasteiger partial charge in [0.05, 0.1) is 11.7 Å². The van der Waals surface area contributed by atoms with Crippen molar-refractivity contribution in [3.63, 3.8) is 0 Å². The first-order chi connectivity index (χ1) is 14.0. The summed E-state index contributed by atoms with van der Waals surface area (Å²) in [5.74, 6) is 1.23. The van der Waals surface area contributed by atoms with Crippen molar-refractivity contribution in [1.29, 1.82) is 0 Å². The lowest BCUT2D eigenvalue weighted by Gasteiger charge is -2.29. The van der Waals surface area contributed by atoms with Crippen LogP contribution in [0.2, 0.25) is 0 Å². The van der Waals surface area contributed by atoms with Gasteiger partial charge < -0.3 is 15.2 Å². The first-order valence-electron chi connectivity index (χ1n) is 10.5. The monoisotopic (exact) mass is 404 g/mol. The molecule has 4 fully saturated rings. The molecule has 0 radical (unpaired) electrons. The maximum atomic E-state index is 13.6. The SMILES string of the molecule is Cc1ccc(F)cc1CN1C[C@@H]2[C@H](CNC(=O)C3CC3)[C@H]3CC[C@]2(C1)O3.O=CO. The van der Waals surface area contributed by atoms with E-state index in [9.17, 15) is 9.18 Å². The zero-order valence-corrected chi connectivity index (χ0v) is 16.8. The summed E-state index contributed by atoms with van der Waals surface area (Å²) < 4.78 is 20.1. The number of rotatable bonds is 5. The summed E-state index contributed by atoms with van der Waals surface area (Å²) in [6.07, 6.45) is 4.62. The normalized spacial score (nSPS) is 32.4. The van der Waals surface area contributed by atoms with Gasteiger partial charge in [-0.25, -0.2) is 4.39 Å². The average Bonchev–Trinajstić information content (AvgIpc) is 3.28. The van der Waals surface area contributed by atoms with E-state index in [1.54, 1.807) is 6.07 Å². The Kier molecular flexibility index (Phi) is 5.62. The molecule has 3 heterocycles. The second kappa shape index (κ2) is 8.03. The Morgan fingerprint density at radius 3 is 2.90 bits per heavy atom. The lowest BCUT2D eigenvalue weighted by molar-refractivity contribution is -0.123. The Morgan fingerprint density at radius 1 is 1.41 bits per heavy atom. The molecule has 1 aliphatic carbocycles. The summed E-state index contributed by atoms with van der Waals surface area (Å²) in [6, 6.07) is 5.05. The van der Waals surface area contributed by atoms with Crippen molar-refractivity contribution in [3.8, 4) is 0 Å². The number of halogens is 1. The minimum Gasteiger partial charge on any atom is -0.483 e. The molecule has 158 valence electrons. The average molecular weight is 404 g/mol. The van der Waals surface area contributed by atoms with E-state index in [0.717, 1.165) is 63.0 Å². The van der Waals surface area contributed by atoms with E-state index in [1.165, 1.54) is 6.07 Å². The van der Waals surface area contributed by atoms with Crippen LogP contribution in [0.1, 0.15) is 36.8 Å². The summed E-state index contributed by atoms with van der Waals surface area (Å²) >= 11 is 0. The Labute approximate surface area is 170 Å². The molecule has 4 atom stereocenters. The number of likely N-dealkylation sites (tertiary alicyclic amines) is 1. The summed E-state index contributed by atoms with van der Waals surface area (Å²) in [6.45, 7) is 5.23. The summed E-state index contributed by atoms with van der Waals surface area (Å²) in [4.78, 5) is 22.8. The van der Waals surface area contributed by atoms with Crippen LogP contribution < -0.4 is 5.32 Å². The number of nitrogens with one attached hydrogen (secondary N) is 1. The maximum Gasteiger partial charge on any atom is 0.290 e. The molecular weight excluding hydrogens is 375 g/mol. The number of carbonyl (C=O) groups is 2. The highest BCUT2D eigenvalue weighted by Crippen LogP contribution is 2.54. The molecule has 1 aromatic rings.